The van der Waals surface area contributed by atoms with Gasteiger partial charge < -0.3 is 9.47 Å². The minimum Gasteiger partial charge on any atom is -0.379 e. The molecule has 0 fully saturated rings. The zero-order valence-electron chi connectivity index (χ0n) is 11.5. The zero-order chi connectivity index (χ0) is 14.6. The Morgan fingerprint density at radius 1 is 0.850 bits per heavy atom. The fourth-order valence-electron chi connectivity index (χ4n) is 1.69. The molecule has 0 atom stereocenters. The van der Waals surface area contributed by atoms with E-state index in [1.807, 2.05) is 12.1 Å². The van der Waals surface area contributed by atoms with E-state index in [-0.39, 0.29) is 0 Å². The molecule has 2 nitrogen and oxygen atoms in total. The molecule has 0 aliphatic rings. The van der Waals surface area contributed by atoms with Crippen LogP contribution in [-0.2, 0) is 16.1 Å². The first-order chi connectivity index (χ1) is 9.74. The zero-order valence-corrected chi connectivity index (χ0v) is 14.6. The normalized spacial score (nSPS) is 10.9. The molecular weight excluding hydrogens is 363 g/mol. The predicted octanol–water partition coefficient (Wildman–Crippen LogP) is 5.48. The Bertz CT molecular complexity index is 375. The third-order valence-corrected chi connectivity index (χ3v) is 4.10. The van der Waals surface area contributed by atoms with Gasteiger partial charge in [0.2, 0.25) is 0 Å². The molecule has 0 aliphatic heterocycles. The molecule has 0 radical (unpaired) electrons. The van der Waals surface area contributed by atoms with Gasteiger partial charge in [-0.2, -0.15) is 0 Å². The lowest BCUT2D eigenvalue weighted by molar-refractivity contribution is 0.0393. The topological polar surface area (TPSA) is 18.5 Å². The number of unbranched alkanes of at least 4 members (excludes halogenated alkanes) is 3. The first-order valence-corrected chi connectivity index (χ1v) is 8.77. The average molecular weight is 384 g/mol. The van der Waals surface area contributed by atoms with Crippen molar-refractivity contribution >= 4 is 39.1 Å². The minimum absolute atomic E-state index is 0.533. The van der Waals surface area contributed by atoms with Crippen molar-refractivity contribution in [2.75, 3.05) is 25.2 Å². The van der Waals surface area contributed by atoms with Crippen molar-refractivity contribution in [3.8, 4) is 0 Å². The molecule has 0 saturated heterocycles. The maximum absolute atomic E-state index is 5.93. The standard InChI is InChI=1S/C15H21BrCl2O2/c16-7-3-1-2-4-8-19-9-10-20-12-13-5-6-14(17)15(18)11-13/h5-6,11H,1-4,7-10,12H2. The predicted molar refractivity (Wildman–Crippen MR) is 89.2 cm³/mol. The molecule has 20 heavy (non-hydrogen) atoms. The van der Waals surface area contributed by atoms with Crippen LogP contribution in [0.15, 0.2) is 18.2 Å². The Labute approximate surface area is 139 Å². The molecule has 0 saturated carbocycles. The summed E-state index contributed by atoms with van der Waals surface area (Å²) >= 11 is 15.2. The van der Waals surface area contributed by atoms with E-state index in [1.165, 1.54) is 19.3 Å². The van der Waals surface area contributed by atoms with Crippen molar-refractivity contribution in [2.45, 2.75) is 32.3 Å². The number of alkyl halides is 1. The lowest BCUT2D eigenvalue weighted by Gasteiger charge is -2.07. The number of hydrogen-bond donors (Lipinski definition) is 0. The van der Waals surface area contributed by atoms with Gasteiger partial charge in [-0.3, -0.25) is 0 Å². The van der Waals surface area contributed by atoms with Crippen molar-refractivity contribution in [1.29, 1.82) is 0 Å². The smallest absolute Gasteiger partial charge is 0.0718 e. The van der Waals surface area contributed by atoms with Gasteiger partial charge in [0.25, 0.3) is 0 Å². The number of halogens is 3. The van der Waals surface area contributed by atoms with Crippen molar-refractivity contribution in [2.24, 2.45) is 0 Å². The Balaban J connectivity index is 1.95. The SMILES string of the molecule is Clc1ccc(COCCOCCCCCCBr)cc1Cl. The summed E-state index contributed by atoms with van der Waals surface area (Å²) in [7, 11) is 0. The van der Waals surface area contributed by atoms with Gasteiger partial charge in [0.05, 0.1) is 29.9 Å². The van der Waals surface area contributed by atoms with Gasteiger partial charge in [-0.25, -0.2) is 0 Å². The molecule has 0 N–H and O–H groups in total. The third-order valence-electron chi connectivity index (χ3n) is 2.80. The van der Waals surface area contributed by atoms with Crippen LogP contribution in [0.1, 0.15) is 31.2 Å². The van der Waals surface area contributed by atoms with Gasteiger partial charge in [0.1, 0.15) is 0 Å². The highest BCUT2D eigenvalue weighted by Gasteiger charge is 1.99. The first kappa shape index (κ1) is 18.2. The molecule has 0 amide bonds. The van der Waals surface area contributed by atoms with Crippen LogP contribution >= 0.6 is 39.1 Å². The fraction of sp³-hybridized carbons (Fsp3) is 0.600. The van der Waals surface area contributed by atoms with Crippen molar-refractivity contribution in [3.63, 3.8) is 0 Å². The lowest BCUT2D eigenvalue weighted by atomic mass is 10.2. The van der Waals surface area contributed by atoms with E-state index in [0.29, 0.717) is 29.9 Å². The van der Waals surface area contributed by atoms with Crippen molar-refractivity contribution < 1.29 is 9.47 Å². The van der Waals surface area contributed by atoms with Crippen LogP contribution < -0.4 is 0 Å². The third kappa shape index (κ3) is 8.48. The summed E-state index contributed by atoms with van der Waals surface area (Å²) in [5.74, 6) is 0. The summed E-state index contributed by atoms with van der Waals surface area (Å²) in [6.07, 6.45) is 4.87. The molecule has 0 unspecified atom stereocenters. The van der Waals surface area contributed by atoms with E-state index < -0.39 is 0 Å². The Morgan fingerprint density at radius 3 is 2.35 bits per heavy atom. The average Bonchev–Trinajstić information content (AvgIpc) is 2.45. The Hall–Kier alpha value is 0.200. The van der Waals surface area contributed by atoms with Gasteiger partial charge >= 0.3 is 0 Å². The summed E-state index contributed by atoms with van der Waals surface area (Å²) in [6, 6.07) is 5.53. The molecule has 0 aliphatic carbocycles. The molecule has 114 valence electrons. The second kappa shape index (κ2) is 11.8. The lowest BCUT2D eigenvalue weighted by Crippen LogP contribution is -2.05. The van der Waals surface area contributed by atoms with Crippen LogP contribution in [0, 0.1) is 0 Å². The van der Waals surface area contributed by atoms with Crippen LogP contribution in [-0.4, -0.2) is 25.2 Å². The summed E-state index contributed by atoms with van der Waals surface area (Å²) < 4.78 is 11.0. The number of rotatable bonds is 11. The van der Waals surface area contributed by atoms with Gasteiger partial charge in [-0.1, -0.05) is 58.0 Å². The monoisotopic (exact) mass is 382 g/mol. The van der Waals surface area contributed by atoms with Crippen LogP contribution in [0.3, 0.4) is 0 Å². The van der Waals surface area contributed by atoms with E-state index in [4.69, 9.17) is 32.7 Å². The highest BCUT2D eigenvalue weighted by atomic mass is 79.9. The van der Waals surface area contributed by atoms with Crippen LogP contribution in [0.2, 0.25) is 10.0 Å². The summed E-state index contributed by atoms with van der Waals surface area (Å²) in [5, 5.41) is 2.22. The molecule has 0 aromatic heterocycles. The molecule has 0 spiro atoms. The summed E-state index contributed by atoms with van der Waals surface area (Å²) in [6.45, 7) is 2.59. The quantitative estimate of drug-likeness (QED) is 0.372. The minimum atomic E-state index is 0.533. The fourth-order valence-corrected chi connectivity index (χ4v) is 2.41. The van der Waals surface area contributed by atoms with Gasteiger partial charge in [-0.15, -0.1) is 0 Å². The van der Waals surface area contributed by atoms with E-state index in [9.17, 15) is 0 Å². The van der Waals surface area contributed by atoms with Crippen molar-refractivity contribution in [3.05, 3.63) is 33.8 Å². The van der Waals surface area contributed by atoms with E-state index in [2.05, 4.69) is 15.9 Å². The second-order valence-corrected chi connectivity index (χ2v) is 6.12. The van der Waals surface area contributed by atoms with Crippen LogP contribution in [0.25, 0.3) is 0 Å². The molecular formula is C15H21BrCl2O2. The van der Waals surface area contributed by atoms with Crippen molar-refractivity contribution in [1.82, 2.24) is 0 Å². The highest BCUT2D eigenvalue weighted by molar-refractivity contribution is 9.09. The summed E-state index contributed by atoms with van der Waals surface area (Å²) in [4.78, 5) is 0. The Morgan fingerprint density at radius 2 is 1.60 bits per heavy atom. The molecule has 5 heteroatoms. The highest BCUT2D eigenvalue weighted by Crippen LogP contribution is 2.22. The molecule has 0 bridgehead atoms. The number of ether oxygens (including phenoxy) is 2. The van der Waals surface area contributed by atoms with Gasteiger partial charge in [-0.05, 0) is 30.5 Å². The van der Waals surface area contributed by atoms with E-state index in [1.54, 1.807) is 6.07 Å². The molecule has 1 aromatic rings. The number of hydrogen-bond acceptors (Lipinski definition) is 2. The van der Waals surface area contributed by atoms with E-state index in [0.717, 1.165) is 23.9 Å². The second-order valence-electron chi connectivity index (χ2n) is 4.52. The van der Waals surface area contributed by atoms with Crippen LogP contribution in [0.4, 0.5) is 0 Å². The van der Waals surface area contributed by atoms with E-state index >= 15 is 0 Å². The van der Waals surface area contributed by atoms with Gasteiger partial charge in [0, 0.05) is 11.9 Å². The van der Waals surface area contributed by atoms with Gasteiger partial charge in [0.15, 0.2) is 0 Å². The van der Waals surface area contributed by atoms with Crippen LogP contribution in [0.5, 0.6) is 0 Å². The largest absolute Gasteiger partial charge is 0.379 e. The molecule has 1 aromatic carbocycles. The first-order valence-electron chi connectivity index (χ1n) is 6.89. The summed E-state index contributed by atoms with van der Waals surface area (Å²) in [5.41, 5.74) is 1.02. The maximum Gasteiger partial charge on any atom is 0.0718 e. The number of benzene rings is 1. The maximum atomic E-state index is 5.93. The molecule has 0 heterocycles. The Kier molecular flexibility index (Phi) is 10.8. The molecule has 1 rings (SSSR count).